The van der Waals surface area contributed by atoms with Gasteiger partial charge in [-0.2, -0.15) is 10.5 Å². The topological polar surface area (TPSA) is 66.0 Å². The van der Waals surface area contributed by atoms with Crippen LogP contribution < -0.4 is 9.47 Å². The maximum atomic E-state index is 9.15. The predicted octanol–water partition coefficient (Wildman–Crippen LogP) is 5.19. The highest BCUT2D eigenvalue weighted by molar-refractivity contribution is 6.46. The quantitative estimate of drug-likeness (QED) is 0.712. The highest BCUT2D eigenvalue weighted by atomic mass is 35.5. The number of hydrogen-bond acceptors (Lipinski definition) is 4. The molecule has 0 fully saturated rings. The molecule has 4 nitrogen and oxygen atoms in total. The fourth-order valence-corrected chi connectivity index (χ4v) is 2.47. The minimum absolute atomic E-state index is 0.0223. The van der Waals surface area contributed by atoms with Crippen LogP contribution in [-0.2, 0) is 0 Å². The monoisotopic (exact) mass is 352 g/mol. The molecular weight excluding hydrogens is 347 g/mol. The van der Waals surface area contributed by atoms with Crippen molar-refractivity contribution in [2.24, 2.45) is 0 Å². The molecule has 0 unspecified atom stereocenters. The fourth-order valence-electron chi connectivity index (χ4n) is 1.70. The first-order valence-corrected chi connectivity index (χ1v) is 6.99. The average molecular weight is 354 g/mol. The third-order valence-electron chi connectivity index (χ3n) is 2.78. The van der Waals surface area contributed by atoms with Gasteiger partial charge in [0.15, 0.2) is 5.75 Å². The highest BCUT2D eigenvalue weighted by Crippen LogP contribution is 2.45. The lowest BCUT2D eigenvalue weighted by Crippen LogP contribution is -1.95. The van der Waals surface area contributed by atoms with Crippen molar-refractivity contribution in [3.63, 3.8) is 0 Å². The van der Waals surface area contributed by atoms with Gasteiger partial charge < -0.3 is 9.47 Å². The van der Waals surface area contributed by atoms with E-state index < -0.39 is 0 Å². The van der Waals surface area contributed by atoms with Crippen LogP contribution in [0.4, 0.5) is 0 Å². The van der Waals surface area contributed by atoms with Crippen molar-refractivity contribution in [3.8, 4) is 29.4 Å². The van der Waals surface area contributed by atoms with Gasteiger partial charge in [0.25, 0.3) is 0 Å². The summed E-state index contributed by atoms with van der Waals surface area (Å²) in [4.78, 5) is 0. The Labute approximate surface area is 142 Å². The van der Waals surface area contributed by atoms with Gasteiger partial charge in [0.05, 0.1) is 23.3 Å². The minimum Gasteiger partial charge on any atom is -0.497 e. The Hall–Kier alpha value is -2.11. The largest absolute Gasteiger partial charge is 0.497 e. The molecule has 0 atom stereocenters. The fraction of sp³-hybridized carbons (Fsp3) is 0.0667. The Morgan fingerprint density at radius 1 is 0.818 bits per heavy atom. The average Bonchev–Trinajstić information content (AvgIpc) is 2.55. The van der Waals surface area contributed by atoms with Gasteiger partial charge in [0.2, 0.25) is 0 Å². The summed E-state index contributed by atoms with van der Waals surface area (Å²) in [5.74, 6) is 1.10. The molecule has 0 aliphatic carbocycles. The number of hydrogen-bond donors (Lipinski definition) is 0. The normalized spacial score (nSPS) is 9.73. The van der Waals surface area contributed by atoms with Crippen LogP contribution in [0.3, 0.4) is 0 Å². The molecule has 0 saturated heterocycles. The lowest BCUT2D eigenvalue weighted by molar-refractivity contribution is 0.413. The van der Waals surface area contributed by atoms with Crippen molar-refractivity contribution in [2.45, 2.75) is 0 Å². The van der Waals surface area contributed by atoms with Crippen molar-refractivity contribution in [2.75, 3.05) is 7.11 Å². The third-order valence-corrected chi connectivity index (χ3v) is 3.98. The lowest BCUT2D eigenvalue weighted by atomic mass is 10.1. The van der Waals surface area contributed by atoms with Gasteiger partial charge in [-0.15, -0.1) is 0 Å². The predicted molar refractivity (Wildman–Crippen MR) is 84.0 cm³/mol. The molecule has 22 heavy (non-hydrogen) atoms. The number of nitrogens with zero attached hydrogens (tertiary/aromatic N) is 2. The summed E-state index contributed by atoms with van der Waals surface area (Å²) in [6, 6.07) is 10.3. The number of rotatable bonds is 3. The highest BCUT2D eigenvalue weighted by Gasteiger charge is 2.23. The summed E-state index contributed by atoms with van der Waals surface area (Å²) in [7, 11) is 1.54. The van der Waals surface area contributed by atoms with Crippen LogP contribution >= 0.6 is 34.8 Å². The van der Waals surface area contributed by atoms with Gasteiger partial charge in [0, 0.05) is 0 Å². The van der Waals surface area contributed by atoms with Crippen LogP contribution in [0.15, 0.2) is 24.3 Å². The van der Waals surface area contributed by atoms with E-state index in [2.05, 4.69) is 0 Å². The summed E-state index contributed by atoms with van der Waals surface area (Å²) in [6.07, 6.45) is 0. The van der Waals surface area contributed by atoms with Gasteiger partial charge in [-0.25, -0.2) is 0 Å². The van der Waals surface area contributed by atoms with Crippen LogP contribution in [0.5, 0.6) is 17.2 Å². The van der Waals surface area contributed by atoms with E-state index in [1.165, 1.54) is 0 Å². The zero-order valence-electron chi connectivity index (χ0n) is 11.2. The number of benzene rings is 2. The van der Waals surface area contributed by atoms with Crippen molar-refractivity contribution < 1.29 is 9.47 Å². The molecule has 0 bridgehead atoms. The van der Waals surface area contributed by atoms with Crippen molar-refractivity contribution >= 4 is 34.8 Å². The van der Waals surface area contributed by atoms with E-state index in [1.807, 2.05) is 12.1 Å². The molecule has 0 radical (unpaired) electrons. The molecule has 0 saturated carbocycles. The second-order valence-electron chi connectivity index (χ2n) is 4.02. The minimum atomic E-state index is -0.0822. The molecule has 0 spiro atoms. The van der Waals surface area contributed by atoms with E-state index in [-0.39, 0.29) is 31.9 Å². The lowest BCUT2D eigenvalue weighted by Gasteiger charge is -2.13. The Morgan fingerprint density at radius 2 is 1.32 bits per heavy atom. The molecule has 2 rings (SSSR count). The van der Waals surface area contributed by atoms with Gasteiger partial charge in [0.1, 0.15) is 33.7 Å². The summed E-state index contributed by atoms with van der Waals surface area (Å²) in [5.41, 5.74) is -0.164. The van der Waals surface area contributed by atoms with E-state index in [4.69, 9.17) is 54.8 Å². The maximum absolute atomic E-state index is 9.15. The number of ether oxygens (including phenoxy) is 2. The Morgan fingerprint density at radius 3 is 1.82 bits per heavy atom. The number of nitriles is 2. The van der Waals surface area contributed by atoms with Crippen LogP contribution in [0.2, 0.25) is 15.1 Å². The summed E-state index contributed by atoms with van der Waals surface area (Å²) < 4.78 is 10.6. The van der Waals surface area contributed by atoms with E-state index in [1.54, 1.807) is 31.4 Å². The molecule has 0 N–H and O–H groups in total. The third kappa shape index (κ3) is 2.91. The molecule has 0 aliphatic rings. The van der Waals surface area contributed by atoms with Gasteiger partial charge in [-0.05, 0) is 24.3 Å². The summed E-state index contributed by atoms with van der Waals surface area (Å²) >= 11 is 18.2. The van der Waals surface area contributed by atoms with E-state index >= 15 is 0 Å². The second kappa shape index (κ2) is 6.77. The Balaban J connectivity index is 2.54. The Kier molecular flexibility index (Phi) is 5.00. The zero-order valence-corrected chi connectivity index (χ0v) is 13.4. The van der Waals surface area contributed by atoms with Crippen LogP contribution in [0.1, 0.15) is 11.1 Å². The Bertz CT molecular complexity index is 806. The zero-order chi connectivity index (χ0) is 16.3. The molecule has 2 aromatic carbocycles. The molecule has 0 aliphatic heterocycles. The molecule has 0 heterocycles. The molecule has 0 amide bonds. The molecule has 7 heteroatoms. The van der Waals surface area contributed by atoms with E-state index in [9.17, 15) is 0 Å². The van der Waals surface area contributed by atoms with Crippen molar-refractivity contribution in [1.29, 1.82) is 10.5 Å². The van der Waals surface area contributed by atoms with Crippen LogP contribution in [-0.4, -0.2) is 7.11 Å². The standard InChI is InChI=1S/C15H7Cl3N2O2/c1-21-8-2-4-9(5-3-8)22-15-13(17)11(7-20)10(6-19)12(16)14(15)18/h2-5H,1H3. The number of halogens is 3. The summed E-state index contributed by atoms with van der Waals surface area (Å²) in [6.45, 7) is 0. The second-order valence-corrected chi connectivity index (χ2v) is 5.16. The van der Waals surface area contributed by atoms with Gasteiger partial charge in [-0.1, -0.05) is 34.8 Å². The first-order valence-electron chi connectivity index (χ1n) is 5.86. The van der Waals surface area contributed by atoms with E-state index in [0.29, 0.717) is 11.5 Å². The molecular formula is C15H7Cl3N2O2. The molecule has 110 valence electrons. The van der Waals surface area contributed by atoms with Gasteiger partial charge >= 0.3 is 0 Å². The first-order chi connectivity index (χ1) is 10.5. The number of methoxy groups -OCH3 is 1. The van der Waals surface area contributed by atoms with Crippen molar-refractivity contribution in [3.05, 3.63) is 50.5 Å². The SMILES string of the molecule is COc1ccc(Oc2c(Cl)c(Cl)c(C#N)c(C#N)c2Cl)cc1. The van der Waals surface area contributed by atoms with Crippen molar-refractivity contribution in [1.82, 2.24) is 0 Å². The van der Waals surface area contributed by atoms with E-state index in [0.717, 1.165) is 0 Å². The van der Waals surface area contributed by atoms with Crippen LogP contribution in [0, 0.1) is 22.7 Å². The molecule has 2 aromatic rings. The smallest absolute Gasteiger partial charge is 0.167 e. The van der Waals surface area contributed by atoms with Crippen LogP contribution in [0.25, 0.3) is 0 Å². The molecule has 0 aromatic heterocycles. The van der Waals surface area contributed by atoms with Gasteiger partial charge in [-0.3, -0.25) is 0 Å². The summed E-state index contributed by atoms with van der Waals surface area (Å²) in [5, 5.41) is 18.0. The maximum Gasteiger partial charge on any atom is 0.167 e. The first kappa shape index (κ1) is 16.3.